The Morgan fingerprint density at radius 3 is 1.90 bits per heavy atom. The molecule has 0 unspecified atom stereocenters. The second-order valence-corrected chi connectivity index (χ2v) is 4.58. The Labute approximate surface area is 127 Å². The first-order valence-corrected chi connectivity index (χ1v) is 6.76. The Morgan fingerprint density at radius 2 is 1.35 bits per heavy atom. The van der Waals surface area contributed by atoms with Gasteiger partial charge in [-0.3, -0.25) is 0 Å². The van der Waals surface area contributed by atoms with E-state index in [9.17, 15) is 0 Å². The highest BCUT2D eigenvalue weighted by Crippen LogP contribution is 2.11. The predicted molar refractivity (Wildman–Crippen MR) is 87.0 cm³/mol. The molecule has 0 spiro atoms. The zero-order valence-corrected chi connectivity index (χ0v) is 12.7. The summed E-state index contributed by atoms with van der Waals surface area (Å²) in [4.78, 5) is 0. The van der Waals surface area contributed by atoms with Crippen molar-refractivity contribution in [2.75, 3.05) is 20.2 Å². The fourth-order valence-electron chi connectivity index (χ4n) is 2.03. The molecule has 0 atom stereocenters. The first-order valence-electron chi connectivity index (χ1n) is 6.76. The molecule has 108 valence electrons. The maximum atomic E-state index is 5.15. The molecule has 0 saturated heterocycles. The van der Waals surface area contributed by atoms with Crippen molar-refractivity contribution >= 4 is 12.4 Å². The number of nitrogens with one attached hydrogen (secondary N) is 1. The van der Waals surface area contributed by atoms with E-state index in [1.54, 1.807) is 7.11 Å². The Balaban J connectivity index is 0.00000200. The van der Waals surface area contributed by atoms with Crippen LogP contribution in [-0.2, 0) is 12.8 Å². The number of rotatable bonds is 7. The monoisotopic (exact) mass is 291 g/mol. The quantitative estimate of drug-likeness (QED) is 0.789. The third kappa shape index (κ3) is 5.64. The molecule has 0 radical (unpaired) electrons. The number of methoxy groups -OCH3 is 1. The molecule has 0 bridgehead atoms. The van der Waals surface area contributed by atoms with Crippen molar-refractivity contribution in [2.24, 2.45) is 0 Å². The largest absolute Gasteiger partial charge is 0.497 e. The summed E-state index contributed by atoms with van der Waals surface area (Å²) in [6.07, 6.45) is 2.14. The van der Waals surface area contributed by atoms with Crippen molar-refractivity contribution in [2.45, 2.75) is 12.8 Å². The summed E-state index contributed by atoms with van der Waals surface area (Å²) in [7, 11) is 1.69. The topological polar surface area (TPSA) is 21.3 Å². The van der Waals surface area contributed by atoms with Crippen molar-refractivity contribution < 1.29 is 4.74 Å². The molecule has 20 heavy (non-hydrogen) atoms. The van der Waals surface area contributed by atoms with Gasteiger partial charge in [-0.2, -0.15) is 0 Å². The number of hydrogen-bond acceptors (Lipinski definition) is 2. The molecule has 0 amide bonds. The lowest BCUT2D eigenvalue weighted by molar-refractivity contribution is 0.414. The minimum atomic E-state index is 0. The van der Waals surface area contributed by atoms with Crippen LogP contribution in [0.4, 0.5) is 0 Å². The van der Waals surface area contributed by atoms with Crippen LogP contribution in [0.25, 0.3) is 0 Å². The average Bonchev–Trinajstić information content (AvgIpc) is 2.49. The van der Waals surface area contributed by atoms with Gasteiger partial charge in [0.15, 0.2) is 0 Å². The standard InChI is InChI=1S/C17H21NO.ClH/c1-19-17-9-7-16(8-10-17)12-14-18-13-11-15-5-3-2-4-6-15;/h2-10,18H,11-14H2,1H3;1H. The van der Waals surface area contributed by atoms with Gasteiger partial charge in [0.05, 0.1) is 7.11 Å². The number of benzene rings is 2. The lowest BCUT2D eigenvalue weighted by Crippen LogP contribution is -2.20. The molecule has 2 aromatic carbocycles. The van der Waals surface area contributed by atoms with Crippen molar-refractivity contribution in [3.05, 3.63) is 65.7 Å². The lowest BCUT2D eigenvalue weighted by Gasteiger charge is -2.06. The molecule has 0 heterocycles. The SMILES string of the molecule is COc1ccc(CCNCCc2ccccc2)cc1.Cl. The van der Waals surface area contributed by atoms with Crippen LogP contribution in [0.15, 0.2) is 54.6 Å². The van der Waals surface area contributed by atoms with E-state index in [1.165, 1.54) is 11.1 Å². The minimum absolute atomic E-state index is 0. The Kier molecular flexibility index (Phi) is 7.78. The number of halogens is 1. The molecule has 0 aliphatic heterocycles. The molecule has 0 aliphatic rings. The maximum absolute atomic E-state index is 5.15. The molecule has 0 fully saturated rings. The highest BCUT2D eigenvalue weighted by atomic mass is 35.5. The highest BCUT2D eigenvalue weighted by molar-refractivity contribution is 5.85. The van der Waals surface area contributed by atoms with Gasteiger partial charge in [-0.1, -0.05) is 42.5 Å². The zero-order valence-electron chi connectivity index (χ0n) is 11.8. The smallest absolute Gasteiger partial charge is 0.118 e. The average molecular weight is 292 g/mol. The summed E-state index contributed by atoms with van der Waals surface area (Å²) < 4.78 is 5.15. The first kappa shape index (κ1) is 16.5. The van der Waals surface area contributed by atoms with Crippen LogP contribution in [0, 0.1) is 0 Å². The summed E-state index contributed by atoms with van der Waals surface area (Å²) in [6.45, 7) is 2.04. The van der Waals surface area contributed by atoms with Gasteiger partial charge < -0.3 is 10.1 Å². The summed E-state index contributed by atoms with van der Waals surface area (Å²) >= 11 is 0. The third-order valence-electron chi connectivity index (χ3n) is 3.18. The van der Waals surface area contributed by atoms with Gasteiger partial charge in [-0.05, 0) is 49.2 Å². The van der Waals surface area contributed by atoms with Crippen LogP contribution < -0.4 is 10.1 Å². The van der Waals surface area contributed by atoms with Gasteiger partial charge in [-0.15, -0.1) is 12.4 Å². The van der Waals surface area contributed by atoms with Gasteiger partial charge in [0.1, 0.15) is 5.75 Å². The molecule has 0 saturated carbocycles. The van der Waals surface area contributed by atoms with E-state index < -0.39 is 0 Å². The molecule has 0 aliphatic carbocycles. The van der Waals surface area contributed by atoms with Crippen molar-refractivity contribution in [1.29, 1.82) is 0 Å². The highest BCUT2D eigenvalue weighted by Gasteiger charge is 1.95. The van der Waals surface area contributed by atoms with E-state index >= 15 is 0 Å². The fourth-order valence-corrected chi connectivity index (χ4v) is 2.03. The van der Waals surface area contributed by atoms with E-state index in [4.69, 9.17) is 4.74 Å². The molecule has 2 nitrogen and oxygen atoms in total. The summed E-state index contributed by atoms with van der Waals surface area (Å²) in [5.41, 5.74) is 2.73. The van der Waals surface area contributed by atoms with Gasteiger partial charge in [0.25, 0.3) is 0 Å². The second kappa shape index (κ2) is 9.40. The van der Waals surface area contributed by atoms with Crippen molar-refractivity contribution in [1.82, 2.24) is 5.32 Å². The fraction of sp³-hybridized carbons (Fsp3) is 0.294. The Hall–Kier alpha value is -1.51. The van der Waals surface area contributed by atoms with Gasteiger partial charge in [-0.25, -0.2) is 0 Å². The predicted octanol–water partition coefficient (Wildman–Crippen LogP) is 3.49. The Bertz CT molecular complexity index is 470. The summed E-state index contributed by atoms with van der Waals surface area (Å²) in [5.74, 6) is 0.917. The Morgan fingerprint density at radius 1 is 0.800 bits per heavy atom. The van der Waals surface area contributed by atoms with E-state index in [2.05, 4.69) is 47.8 Å². The molecule has 2 aromatic rings. The summed E-state index contributed by atoms with van der Waals surface area (Å²) in [5, 5.41) is 3.48. The minimum Gasteiger partial charge on any atom is -0.497 e. The van der Waals surface area contributed by atoms with Crippen LogP contribution in [0.3, 0.4) is 0 Å². The van der Waals surface area contributed by atoms with E-state index in [0.29, 0.717) is 0 Å². The van der Waals surface area contributed by atoms with E-state index in [0.717, 1.165) is 31.7 Å². The third-order valence-corrected chi connectivity index (χ3v) is 3.18. The number of ether oxygens (including phenoxy) is 1. The molecular formula is C17H22ClNO. The maximum Gasteiger partial charge on any atom is 0.118 e. The lowest BCUT2D eigenvalue weighted by atomic mass is 10.1. The van der Waals surface area contributed by atoms with Crippen LogP contribution in [0.2, 0.25) is 0 Å². The van der Waals surface area contributed by atoms with Crippen LogP contribution in [0.5, 0.6) is 5.75 Å². The first-order chi connectivity index (χ1) is 9.38. The van der Waals surface area contributed by atoms with Crippen LogP contribution in [-0.4, -0.2) is 20.2 Å². The second-order valence-electron chi connectivity index (χ2n) is 4.58. The summed E-state index contributed by atoms with van der Waals surface area (Å²) in [6, 6.07) is 18.9. The van der Waals surface area contributed by atoms with E-state index in [-0.39, 0.29) is 12.4 Å². The van der Waals surface area contributed by atoms with Gasteiger partial charge >= 0.3 is 0 Å². The molecule has 1 N–H and O–H groups in total. The molecular weight excluding hydrogens is 270 g/mol. The molecule has 3 heteroatoms. The van der Waals surface area contributed by atoms with Gasteiger partial charge in [0.2, 0.25) is 0 Å². The molecule has 0 aromatic heterocycles. The molecule has 2 rings (SSSR count). The zero-order chi connectivity index (χ0) is 13.3. The van der Waals surface area contributed by atoms with Crippen molar-refractivity contribution in [3.8, 4) is 5.75 Å². The van der Waals surface area contributed by atoms with Crippen LogP contribution >= 0.6 is 12.4 Å². The van der Waals surface area contributed by atoms with Crippen molar-refractivity contribution in [3.63, 3.8) is 0 Å². The normalized spacial score (nSPS) is 9.85. The van der Waals surface area contributed by atoms with Gasteiger partial charge in [0, 0.05) is 0 Å². The van der Waals surface area contributed by atoms with Crippen LogP contribution in [0.1, 0.15) is 11.1 Å². The van der Waals surface area contributed by atoms with E-state index in [1.807, 2.05) is 12.1 Å². The number of hydrogen-bond donors (Lipinski definition) is 1.